The van der Waals surface area contributed by atoms with Gasteiger partial charge in [0, 0.05) is 24.7 Å². The minimum atomic E-state index is -0.214. The van der Waals surface area contributed by atoms with Crippen molar-refractivity contribution in [2.45, 2.75) is 6.42 Å². The number of phenols is 1. The second kappa shape index (κ2) is 8.76. The van der Waals surface area contributed by atoms with Gasteiger partial charge in [-0.15, -0.1) is 0 Å². The van der Waals surface area contributed by atoms with Crippen molar-refractivity contribution in [1.82, 2.24) is 19.7 Å². The Bertz CT molecular complexity index is 1290. The van der Waals surface area contributed by atoms with Gasteiger partial charge in [-0.2, -0.15) is 5.10 Å². The molecular weight excluding hydrogens is 408 g/mol. The summed E-state index contributed by atoms with van der Waals surface area (Å²) in [6.07, 6.45) is 3.07. The molecule has 2 aromatic heterocycles. The van der Waals surface area contributed by atoms with E-state index in [1.54, 1.807) is 21.7 Å². The van der Waals surface area contributed by atoms with Crippen LogP contribution in [-0.2, 0) is 11.2 Å². The van der Waals surface area contributed by atoms with Crippen molar-refractivity contribution in [3.63, 3.8) is 0 Å². The Morgan fingerprint density at radius 3 is 2.72 bits per heavy atom. The van der Waals surface area contributed by atoms with Crippen LogP contribution >= 0.6 is 0 Å². The molecule has 3 N–H and O–H groups in total. The molecule has 0 radical (unpaired) electrons. The molecule has 0 fully saturated rings. The number of nitrogen functional groups attached to an aromatic ring is 1. The first kappa shape index (κ1) is 20.9. The van der Waals surface area contributed by atoms with Crippen LogP contribution in [0.15, 0.2) is 67.5 Å². The van der Waals surface area contributed by atoms with E-state index in [0.717, 1.165) is 5.69 Å². The van der Waals surface area contributed by atoms with E-state index < -0.39 is 0 Å². The molecule has 0 bridgehead atoms. The third-order valence-corrected chi connectivity index (χ3v) is 5.04. The van der Waals surface area contributed by atoms with Crippen LogP contribution in [0, 0.1) is 0 Å². The van der Waals surface area contributed by atoms with Crippen molar-refractivity contribution < 1.29 is 14.6 Å². The van der Waals surface area contributed by atoms with Crippen molar-refractivity contribution in [1.29, 1.82) is 0 Å². The molecule has 4 rings (SSSR count). The number of hydrogen-bond acceptors (Lipinski definition) is 7. The summed E-state index contributed by atoms with van der Waals surface area (Å²) in [6.45, 7) is 3.97. The van der Waals surface area contributed by atoms with Crippen LogP contribution in [0.5, 0.6) is 11.5 Å². The standard InChI is InChI=1S/C23H22N6O3/c1-3-20(31)28(15-7-5-4-6-8-15)12-11-17-21-22(23(24)26-14-25-21)29(27-17)16-9-10-19(32-2)18(30)13-16/h3-10,13-14,30H,1,11-12H2,2H3,(H2,24,25,26). The SMILES string of the molecule is C=CC(=O)N(CCc1nn(-c2ccc(OC)c(O)c2)c2c(N)ncnc12)c1ccccc1. The van der Waals surface area contributed by atoms with Crippen LogP contribution in [0.3, 0.4) is 0 Å². The lowest BCUT2D eigenvalue weighted by Gasteiger charge is -2.20. The zero-order valence-corrected chi connectivity index (χ0v) is 17.5. The largest absolute Gasteiger partial charge is 0.504 e. The number of carbonyl (C=O) groups excluding carboxylic acids is 1. The number of amides is 1. The summed E-state index contributed by atoms with van der Waals surface area (Å²) in [5.41, 5.74) is 9.21. The molecule has 0 spiro atoms. The van der Waals surface area contributed by atoms with E-state index >= 15 is 0 Å². The maximum absolute atomic E-state index is 12.5. The fourth-order valence-electron chi connectivity index (χ4n) is 3.50. The monoisotopic (exact) mass is 430 g/mol. The highest BCUT2D eigenvalue weighted by molar-refractivity contribution is 6.01. The van der Waals surface area contributed by atoms with E-state index in [4.69, 9.17) is 10.5 Å². The zero-order chi connectivity index (χ0) is 22.7. The molecule has 4 aromatic rings. The van der Waals surface area contributed by atoms with Crippen molar-refractivity contribution in [3.8, 4) is 17.2 Å². The maximum atomic E-state index is 12.5. The van der Waals surface area contributed by atoms with Crippen LogP contribution in [0.4, 0.5) is 11.5 Å². The Labute approximate surface area is 184 Å². The zero-order valence-electron chi connectivity index (χ0n) is 17.5. The number of methoxy groups -OCH3 is 1. The minimum absolute atomic E-state index is 0.0301. The summed E-state index contributed by atoms with van der Waals surface area (Å²) in [7, 11) is 1.48. The number of anilines is 2. The minimum Gasteiger partial charge on any atom is -0.504 e. The van der Waals surface area contributed by atoms with Crippen LogP contribution < -0.4 is 15.4 Å². The molecule has 0 atom stereocenters. The smallest absolute Gasteiger partial charge is 0.250 e. The van der Waals surface area contributed by atoms with Crippen LogP contribution in [-0.4, -0.2) is 44.4 Å². The number of phenolic OH excluding ortho intramolecular Hbond substituents is 1. The van der Waals surface area contributed by atoms with Crippen molar-refractivity contribution in [3.05, 3.63) is 73.2 Å². The highest BCUT2D eigenvalue weighted by Gasteiger charge is 2.20. The summed E-state index contributed by atoms with van der Waals surface area (Å²) in [5.74, 6) is 0.355. The van der Waals surface area contributed by atoms with Gasteiger partial charge < -0.3 is 20.5 Å². The molecule has 1 amide bonds. The summed E-state index contributed by atoms with van der Waals surface area (Å²) in [4.78, 5) is 22.6. The Morgan fingerprint density at radius 2 is 2.03 bits per heavy atom. The average molecular weight is 430 g/mol. The number of para-hydroxylation sites is 1. The molecule has 0 unspecified atom stereocenters. The number of aromatic hydroxyl groups is 1. The van der Waals surface area contributed by atoms with Crippen LogP contribution in [0.2, 0.25) is 0 Å². The number of rotatable bonds is 7. The van der Waals surface area contributed by atoms with E-state index in [0.29, 0.717) is 41.1 Å². The van der Waals surface area contributed by atoms with Gasteiger partial charge >= 0.3 is 0 Å². The van der Waals surface area contributed by atoms with Gasteiger partial charge in [-0.3, -0.25) is 4.79 Å². The number of nitrogens with zero attached hydrogens (tertiary/aromatic N) is 5. The summed E-state index contributed by atoms with van der Waals surface area (Å²) < 4.78 is 6.70. The van der Waals surface area contributed by atoms with E-state index in [9.17, 15) is 9.90 Å². The van der Waals surface area contributed by atoms with Gasteiger partial charge in [-0.1, -0.05) is 24.8 Å². The Balaban J connectivity index is 1.74. The van der Waals surface area contributed by atoms with E-state index in [2.05, 4.69) is 21.6 Å². The molecule has 0 saturated carbocycles. The van der Waals surface area contributed by atoms with Crippen molar-refractivity contribution in [2.75, 3.05) is 24.3 Å². The molecular formula is C23H22N6O3. The van der Waals surface area contributed by atoms with Gasteiger partial charge in [-0.25, -0.2) is 14.6 Å². The lowest BCUT2D eigenvalue weighted by Crippen LogP contribution is -2.31. The normalized spacial score (nSPS) is 10.8. The van der Waals surface area contributed by atoms with Gasteiger partial charge in [0.2, 0.25) is 5.91 Å². The quantitative estimate of drug-likeness (QED) is 0.433. The number of nitrogens with two attached hydrogens (primary N) is 1. The number of hydrogen-bond donors (Lipinski definition) is 2. The third kappa shape index (κ3) is 3.83. The highest BCUT2D eigenvalue weighted by Crippen LogP contribution is 2.31. The Hall–Kier alpha value is -4.40. The molecule has 32 heavy (non-hydrogen) atoms. The van der Waals surface area contributed by atoms with Gasteiger partial charge in [0.05, 0.1) is 18.5 Å². The number of benzene rings is 2. The third-order valence-electron chi connectivity index (χ3n) is 5.04. The fraction of sp³-hybridized carbons (Fsp3) is 0.130. The van der Waals surface area contributed by atoms with Gasteiger partial charge in [-0.05, 0) is 30.3 Å². The summed E-state index contributed by atoms with van der Waals surface area (Å²) in [5, 5.41) is 14.9. The number of ether oxygens (including phenoxy) is 1. The topological polar surface area (TPSA) is 119 Å². The average Bonchev–Trinajstić information content (AvgIpc) is 3.19. The molecule has 162 valence electrons. The van der Waals surface area contributed by atoms with Gasteiger partial charge in [0.1, 0.15) is 17.4 Å². The van der Waals surface area contributed by atoms with Crippen LogP contribution in [0.1, 0.15) is 5.69 Å². The first-order valence-electron chi connectivity index (χ1n) is 9.88. The fourth-order valence-corrected chi connectivity index (χ4v) is 3.50. The Kier molecular flexibility index (Phi) is 5.71. The molecule has 2 aromatic carbocycles. The number of fused-ring (bicyclic) bond motifs is 1. The van der Waals surface area contributed by atoms with Gasteiger partial charge in [0.15, 0.2) is 17.3 Å². The predicted molar refractivity (Wildman–Crippen MR) is 122 cm³/mol. The van der Waals surface area contributed by atoms with E-state index in [1.165, 1.54) is 25.6 Å². The maximum Gasteiger partial charge on any atom is 0.250 e. The van der Waals surface area contributed by atoms with Crippen molar-refractivity contribution in [2.24, 2.45) is 0 Å². The summed E-state index contributed by atoms with van der Waals surface area (Å²) >= 11 is 0. The predicted octanol–water partition coefficient (Wildman–Crippen LogP) is 2.87. The molecule has 0 saturated heterocycles. The lowest BCUT2D eigenvalue weighted by atomic mass is 10.2. The van der Waals surface area contributed by atoms with Gasteiger partial charge in [0.25, 0.3) is 0 Å². The van der Waals surface area contributed by atoms with Crippen molar-refractivity contribution >= 4 is 28.4 Å². The van der Waals surface area contributed by atoms with E-state index in [-0.39, 0.29) is 17.5 Å². The number of carbonyl (C=O) groups is 1. The first-order chi connectivity index (χ1) is 15.5. The second-order valence-electron chi connectivity index (χ2n) is 6.95. The second-order valence-corrected chi connectivity index (χ2v) is 6.95. The first-order valence-corrected chi connectivity index (χ1v) is 9.88. The Morgan fingerprint density at radius 1 is 1.25 bits per heavy atom. The van der Waals surface area contributed by atoms with Crippen LogP contribution in [0.25, 0.3) is 16.7 Å². The molecule has 2 heterocycles. The van der Waals surface area contributed by atoms with E-state index in [1.807, 2.05) is 30.3 Å². The molecule has 9 nitrogen and oxygen atoms in total. The molecule has 0 aliphatic carbocycles. The number of aromatic nitrogens is 4. The molecule has 9 heteroatoms. The summed E-state index contributed by atoms with van der Waals surface area (Å²) in [6, 6.07) is 14.3. The highest BCUT2D eigenvalue weighted by atomic mass is 16.5. The lowest BCUT2D eigenvalue weighted by molar-refractivity contribution is -0.114. The molecule has 0 aliphatic heterocycles. The molecule has 0 aliphatic rings.